The van der Waals surface area contributed by atoms with Crippen molar-refractivity contribution in [2.75, 3.05) is 20.1 Å². The van der Waals surface area contributed by atoms with Crippen LogP contribution in [-0.2, 0) is 25.8 Å². The molecule has 28 heavy (non-hydrogen) atoms. The lowest BCUT2D eigenvalue weighted by atomic mass is 10.1. The Labute approximate surface area is 183 Å². The zero-order chi connectivity index (χ0) is 19.1. The number of aliphatic imine (C=N–C) groups is 1. The molecule has 1 aromatic carbocycles. The summed E-state index contributed by atoms with van der Waals surface area (Å²) in [5.41, 5.74) is 3.96. The fraction of sp³-hybridized carbons (Fsp3) is 0.450. The van der Waals surface area contributed by atoms with Crippen molar-refractivity contribution in [1.29, 1.82) is 0 Å². The van der Waals surface area contributed by atoms with E-state index in [9.17, 15) is 0 Å². The van der Waals surface area contributed by atoms with Gasteiger partial charge in [-0.25, -0.2) is 0 Å². The summed E-state index contributed by atoms with van der Waals surface area (Å²) in [4.78, 5) is 7.74. The Morgan fingerprint density at radius 2 is 1.96 bits per heavy atom. The number of H-pyrrole nitrogens is 1. The van der Waals surface area contributed by atoms with Crippen molar-refractivity contribution in [3.63, 3.8) is 0 Å². The molecule has 3 rings (SSSR count). The van der Waals surface area contributed by atoms with E-state index in [1.807, 2.05) is 0 Å². The minimum absolute atomic E-state index is 0. The molecule has 0 saturated carbocycles. The molecule has 0 aliphatic carbocycles. The Balaban J connectivity index is 0.00000280. The highest BCUT2D eigenvalue weighted by Gasteiger charge is 2.07. The summed E-state index contributed by atoms with van der Waals surface area (Å²) >= 11 is 0. The second-order valence-electron chi connectivity index (χ2n) is 6.48. The van der Waals surface area contributed by atoms with E-state index >= 15 is 0 Å². The maximum atomic E-state index is 4.30. The van der Waals surface area contributed by atoms with Gasteiger partial charge < -0.3 is 20.2 Å². The van der Waals surface area contributed by atoms with Gasteiger partial charge >= 0.3 is 0 Å². The molecule has 0 saturated heterocycles. The van der Waals surface area contributed by atoms with Crippen molar-refractivity contribution >= 4 is 40.8 Å². The Morgan fingerprint density at radius 1 is 1.14 bits per heavy atom. The third-order valence-corrected chi connectivity index (χ3v) is 4.84. The molecule has 2 aromatic heterocycles. The monoisotopic (exact) mass is 495 g/mol. The number of benzene rings is 1. The van der Waals surface area contributed by atoms with Gasteiger partial charge in [0.2, 0.25) is 0 Å². The second-order valence-corrected chi connectivity index (χ2v) is 6.48. The van der Waals surface area contributed by atoms with E-state index in [1.165, 1.54) is 22.0 Å². The van der Waals surface area contributed by atoms with Gasteiger partial charge in [-0.2, -0.15) is 0 Å². The molecule has 8 heteroatoms. The summed E-state index contributed by atoms with van der Waals surface area (Å²) in [6, 6.07) is 6.52. The predicted molar refractivity (Wildman–Crippen MR) is 126 cm³/mol. The number of nitrogens with zero attached hydrogens (tertiary/aromatic N) is 4. The molecule has 0 atom stereocenters. The summed E-state index contributed by atoms with van der Waals surface area (Å²) in [5, 5.41) is 16.1. The van der Waals surface area contributed by atoms with Gasteiger partial charge in [-0.1, -0.05) is 32.0 Å². The Hall–Kier alpha value is -2.10. The van der Waals surface area contributed by atoms with E-state index < -0.39 is 0 Å². The van der Waals surface area contributed by atoms with E-state index in [2.05, 4.69) is 73.6 Å². The SMILES string of the molecule is CCc1cccc2c(CCNC(=NC)NCCn3cnnc3CC)c[nH]c12.I. The fourth-order valence-electron chi connectivity index (χ4n) is 3.35. The smallest absolute Gasteiger partial charge is 0.191 e. The van der Waals surface area contributed by atoms with Gasteiger partial charge in [0.1, 0.15) is 12.2 Å². The van der Waals surface area contributed by atoms with Gasteiger partial charge in [0.15, 0.2) is 5.96 Å². The molecule has 0 bridgehead atoms. The second kappa shape index (κ2) is 11.0. The number of aromatic nitrogens is 4. The van der Waals surface area contributed by atoms with Gasteiger partial charge in [-0.15, -0.1) is 34.2 Å². The van der Waals surface area contributed by atoms with Crippen LogP contribution in [0.1, 0.15) is 30.8 Å². The van der Waals surface area contributed by atoms with Gasteiger partial charge in [-0.3, -0.25) is 4.99 Å². The van der Waals surface area contributed by atoms with Crippen LogP contribution in [0.2, 0.25) is 0 Å². The maximum Gasteiger partial charge on any atom is 0.191 e. The van der Waals surface area contributed by atoms with Gasteiger partial charge in [0, 0.05) is 50.2 Å². The normalized spacial score (nSPS) is 11.5. The van der Waals surface area contributed by atoms with E-state index in [4.69, 9.17) is 0 Å². The van der Waals surface area contributed by atoms with Crippen LogP contribution >= 0.6 is 24.0 Å². The quantitative estimate of drug-likeness (QED) is 0.255. The molecule has 0 aliphatic rings. The van der Waals surface area contributed by atoms with Crippen LogP contribution in [0.25, 0.3) is 10.9 Å². The van der Waals surface area contributed by atoms with Crippen LogP contribution < -0.4 is 10.6 Å². The lowest BCUT2D eigenvalue weighted by Crippen LogP contribution is -2.39. The topological polar surface area (TPSA) is 82.9 Å². The number of nitrogens with one attached hydrogen (secondary N) is 3. The molecule has 7 nitrogen and oxygen atoms in total. The average Bonchev–Trinajstić information content (AvgIpc) is 3.33. The number of fused-ring (bicyclic) bond motifs is 1. The number of hydrogen-bond acceptors (Lipinski definition) is 3. The molecule has 0 radical (unpaired) electrons. The lowest BCUT2D eigenvalue weighted by molar-refractivity contribution is 0.632. The minimum Gasteiger partial charge on any atom is -0.361 e. The molecular formula is C20H30IN7. The Bertz CT molecular complexity index is 897. The largest absolute Gasteiger partial charge is 0.361 e. The molecule has 0 unspecified atom stereocenters. The first-order valence-electron chi connectivity index (χ1n) is 9.65. The van der Waals surface area contributed by atoms with Crippen molar-refractivity contribution < 1.29 is 0 Å². The van der Waals surface area contributed by atoms with Gasteiger partial charge in [-0.05, 0) is 24.0 Å². The molecule has 3 N–H and O–H groups in total. The molecule has 0 amide bonds. The van der Waals surface area contributed by atoms with Crippen molar-refractivity contribution in [1.82, 2.24) is 30.4 Å². The van der Waals surface area contributed by atoms with Gasteiger partial charge in [0.05, 0.1) is 0 Å². The Kier molecular flexibility index (Phi) is 8.75. The van der Waals surface area contributed by atoms with E-state index in [1.54, 1.807) is 13.4 Å². The van der Waals surface area contributed by atoms with Crippen molar-refractivity contribution in [3.8, 4) is 0 Å². The highest BCUT2D eigenvalue weighted by Crippen LogP contribution is 2.22. The standard InChI is InChI=1S/C20H29N7.HI/c1-4-15-7-6-8-17-16(13-24-19(15)17)9-10-22-20(21-3)23-11-12-27-14-25-26-18(27)5-2;/h6-8,13-14,24H,4-5,9-12H2,1-3H3,(H2,21,22,23);1H. The van der Waals surface area contributed by atoms with Crippen LogP contribution in [0.3, 0.4) is 0 Å². The van der Waals surface area contributed by atoms with Crippen molar-refractivity contribution in [2.24, 2.45) is 4.99 Å². The van der Waals surface area contributed by atoms with Crippen LogP contribution in [-0.4, -0.2) is 45.8 Å². The summed E-state index contributed by atoms with van der Waals surface area (Å²) in [6.07, 6.45) is 6.77. The molecule has 0 aliphatic heterocycles. The third-order valence-electron chi connectivity index (χ3n) is 4.84. The first-order chi connectivity index (χ1) is 13.3. The number of aryl methyl sites for hydroxylation is 2. The van der Waals surface area contributed by atoms with Crippen LogP contribution in [0.5, 0.6) is 0 Å². The zero-order valence-electron chi connectivity index (χ0n) is 16.8. The van der Waals surface area contributed by atoms with Crippen LogP contribution in [0, 0.1) is 0 Å². The summed E-state index contributed by atoms with van der Waals surface area (Å²) in [5.74, 6) is 1.82. The highest BCUT2D eigenvalue weighted by molar-refractivity contribution is 14.0. The zero-order valence-corrected chi connectivity index (χ0v) is 19.2. The number of halogens is 1. The highest BCUT2D eigenvalue weighted by atomic mass is 127. The molecule has 0 fully saturated rings. The van der Waals surface area contributed by atoms with Gasteiger partial charge in [0.25, 0.3) is 0 Å². The van der Waals surface area contributed by atoms with E-state index in [0.717, 1.165) is 50.7 Å². The van der Waals surface area contributed by atoms with E-state index in [0.29, 0.717) is 0 Å². The first kappa shape index (κ1) is 22.2. The number of aromatic amines is 1. The number of hydrogen-bond donors (Lipinski definition) is 3. The number of guanidine groups is 1. The summed E-state index contributed by atoms with van der Waals surface area (Å²) < 4.78 is 2.07. The van der Waals surface area contributed by atoms with Crippen LogP contribution in [0.15, 0.2) is 35.7 Å². The average molecular weight is 495 g/mol. The predicted octanol–water partition coefficient (Wildman–Crippen LogP) is 2.91. The number of rotatable bonds is 8. The third kappa shape index (κ3) is 5.24. The molecule has 2 heterocycles. The molecular weight excluding hydrogens is 465 g/mol. The molecule has 152 valence electrons. The number of para-hydroxylation sites is 1. The molecule has 3 aromatic rings. The van der Waals surface area contributed by atoms with Crippen molar-refractivity contribution in [2.45, 2.75) is 39.7 Å². The summed E-state index contributed by atoms with van der Waals surface area (Å²) in [7, 11) is 1.80. The summed E-state index contributed by atoms with van der Waals surface area (Å²) in [6.45, 7) is 6.70. The van der Waals surface area contributed by atoms with E-state index in [-0.39, 0.29) is 24.0 Å². The van der Waals surface area contributed by atoms with Crippen molar-refractivity contribution in [3.05, 3.63) is 47.7 Å². The first-order valence-corrected chi connectivity index (χ1v) is 9.65. The Morgan fingerprint density at radius 3 is 2.71 bits per heavy atom. The molecule has 0 spiro atoms. The fourth-order valence-corrected chi connectivity index (χ4v) is 3.35. The van der Waals surface area contributed by atoms with Crippen LogP contribution in [0.4, 0.5) is 0 Å². The minimum atomic E-state index is 0. The lowest BCUT2D eigenvalue weighted by Gasteiger charge is -2.12. The maximum absolute atomic E-state index is 4.30.